The van der Waals surface area contributed by atoms with E-state index in [0.717, 1.165) is 64.8 Å². The van der Waals surface area contributed by atoms with Gasteiger partial charge in [0.25, 0.3) is 0 Å². The number of piperidine rings is 1. The average Bonchev–Trinajstić information content (AvgIpc) is 3.25. The number of anilines is 1. The molecule has 1 aromatic carbocycles. The Morgan fingerprint density at radius 3 is 2.53 bits per heavy atom. The van der Waals surface area contributed by atoms with Crippen LogP contribution in [0.4, 0.5) is 5.82 Å². The summed E-state index contributed by atoms with van der Waals surface area (Å²) in [6.45, 7) is 4.11. The summed E-state index contributed by atoms with van der Waals surface area (Å²) in [5.74, 6) is 0.488. The number of nitrogens with one attached hydrogen (secondary N) is 1. The summed E-state index contributed by atoms with van der Waals surface area (Å²) in [6, 6.07) is 12.9. The number of fused-ring (bicyclic) bond motifs is 1. The molecule has 0 atom stereocenters. The van der Waals surface area contributed by atoms with Gasteiger partial charge in [-0.1, -0.05) is 24.3 Å². The SMILES string of the molecule is Cc1nc(-c2cc(-c3cnn(C4CCNCC4)c3)cnc2N)cc2ccccc12.Cl.Cl.Cl. The highest BCUT2D eigenvalue weighted by Crippen LogP contribution is 2.31. The molecule has 170 valence electrons. The molecular weight excluding hydrogens is 467 g/mol. The smallest absolute Gasteiger partial charge is 0.132 e. The van der Waals surface area contributed by atoms with Crippen molar-refractivity contribution in [2.24, 2.45) is 0 Å². The Hall–Kier alpha value is -2.38. The van der Waals surface area contributed by atoms with Crippen LogP contribution >= 0.6 is 37.2 Å². The predicted molar refractivity (Wildman–Crippen MR) is 138 cm³/mol. The number of nitrogens with zero attached hydrogens (tertiary/aromatic N) is 4. The monoisotopic (exact) mass is 492 g/mol. The minimum absolute atomic E-state index is 0. The van der Waals surface area contributed by atoms with E-state index >= 15 is 0 Å². The van der Waals surface area contributed by atoms with E-state index in [0.29, 0.717) is 11.9 Å². The van der Waals surface area contributed by atoms with Gasteiger partial charge in [0.1, 0.15) is 5.82 Å². The summed E-state index contributed by atoms with van der Waals surface area (Å²) in [5.41, 5.74) is 11.0. The van der Waals surface area contributed by atoms with Crippen molar-refractivity contribution >= 4 is 53.8 Å². The maximum Gasteiger partial charge on any atom is 0.132 e. The van der Waals surface area contributed by atoms with Gasteiger partial charge < -0.3 is 11.1 Å². The number of aryl methyl sites for hydroxylation is 1. The Bertz CT molecular complexity index is 1190. The summed E-state index contributed by atoms with van der Waals surface area (Å²) in [4.78, 5) is 9.25. The average molecular weight is 494 g/mol. The van der Waals surface area contributed by atoms with Crippen LogP contribution in [0.25, 0.3) is 33.2 Å². The molecule has 4 heterocycles. The Morgan fingerprint density at radius 2 is 1.75 bits per heavy atom. The van der Waals surface area contributed by atoms with Gasteiger partial charge in [-0.15, -0.1) is 37.2 Å². The number of rotatable bonds is 3. The van der Waals surface area contributed by atoms with Crippen LogP contribution in [0, 0.1) is 6.92 Å². The molecule has 0 aliphatic carbocycles. The van der Waals surface area contributed by atoms with Crippen LogP contribution in [0.15, 0.2) is 55.0 Å². The van der Waals surface area contributed by atoms with Crippen molar-refractivity contribution in [3.05, 3.63) is 60.7 Å². The number of halogens is 3. The minimum Gasteiger partial charge on any atom is -0.383 e. The lowest BCUT2D eigenvalue weighted by Crippen LogP contribution is -2.29. The lowest BCUT2D eigenvalue weighted by molar-refractivity contribution is 0.343. The fourth-order valence-corrected chi connectivity index (χ4v) is 4.11. The summed E-state index contributed by atoms with van der Waals surface area (Å²) in [6.07, 6.45) is 8.06. The number of hydrogen-bond acceptors (Lipinski definition) is 5. The summed E-state index contributed by atoms with van der Waals surface area (Å²) in [5, 5.41) is 10.3. The summed E-state index contributed by atoms with van der Waals surface area (Å²) >= 11 is 0. The number of benzene rings is 1. The number of nitrogen functional groups attached to an aromatic ring is 1. The van der Waals surface area contributed by atoms with Crippen molar-refractivity contribution in [3.63, 3.8) is 0 Å². The Balaban J connectivity index is 0.00000121. The first-order valence-electron chi connectivity index (χ1n) is 10.1. The molecule has 9 heteroatoms. The predicted octanol–water partition coefficient (Wildman–Crippen LogP) is 5.24. The highest BCUT2D eigenvalue weighted by Gasteiger charge is 2.17. The Morgan fingerprint density at radius 1 is 1.00 bits per heavy atom. The molecule has 1 aliphatic rings. The van der Waals surface area contributed by atoms with Crippen molar-refractivity contribution in [1.82, 2.24) is 25.1 Å². The van der Waals surface area contributed by atoms with Gasteiger partial charge in [0, 0.05) is 40.2 Å². The molecule has 3 N–H and O–H groups in total. The molecule has 1 fully saturated rings. The first kappa shape index (κ1) is 25.9. The maximum absolute atomic E-state index is 6.24. The number of aromatic nitrogens is 4. The van der Waals surface area contributed by atoms with Crippen molar-refractivity contribution in [2.45, 2.75) is 25.8 Å². The molecular formula is C23H27Cl3N6. The standard InChI is InChI=1S/C23H24N6.3ClH/c1-15-20-5-3-2-4-16(20)11-22(28-15)21-10-17(12-26-23(21)24)18-13-27-29(14-18)19-6-8-25-9-7-19;;;/h2-5,10-14,19,25H,6-9H2,1H3,(H2,24,26);3*1H. The molecule has 6 nitrogen and oxygen atoms in total. The van der Waals surface area contributed by atoms with E-state index in [2.05, 4.69) is 50.5 Å². The van der Waals surface area contributed by atoms with Crippen LogP contribution in [-0.2, 0) is 0 Å². The first-order valence-corrected chi connectivity index (χ1v) is 10.1. The second-order valence-electron chi connectivity index (χ2n) is 7.66. The van der Waals surface area contributed by atoms with Crippen LogP contribution < -0.4 is 11.1 Å². The molecule has 1 aliphatic heterocycles. The normalized spacial score (nSPS) is 13.7. The maximum atomic E-state index is 6.24. The van der Waals surface area contributed by atoms with E-state index in [9.17, 15) is 0 Å². The fourth-order valence-electron chi connectivity index (χ4n) is 4.11. The lowest BCUT2D eigenvalue weighted by Gasteiger charge is -2.22. The van der Waals surface area contributed by atoms with Gasteiger partial charge >= 0.3 is 0 Å². The number of hydrogen-bond donors (Lipinski definition) is 2. The molecule has 0 bridgehead atoms. The molecule has 0 unspecified atom stereocenters. The highest BCUT2D eigenvalue weighted by molar-refractivity contribution is 5.89. The zero-order chi connectivity index (χ0) is 19.8. The molecule has 0 radical (unpaired) electrons. The van der Waals surface area contributed by atoms with Crippen LogP contribution in [-0.4, -0.2) is 32.8 Å². The number of pyridine rings is 2. The van der Waals surface area contributed by atoms with Gasteiger partial charge in [0.05, 0.1) is 17.9 Å². The van der Waals surface area contributed by atoms with Gasteiger partial charge in [0.15, 0.2) is 0 Å². The van der Waals surface area contributed by atoms with Crippen LogP contribution in [0.2, 0.25) is 0 Å². The summed E-state index contributed by atoms with van der Waals surface area (Å²) in [7, 11) is 0. The first-order chi connectivity index (χ1) is 14.2. The second kappa shape index (κ2) is 11.0. The van der Waals surface area contributed by atoms with E-state index in [4.69, 9.17) is 10.7 Å². The molecule has 4 aromatic rings. The Kier molecular flexibility index (Phi) is 8.87. The van der Waals surface area contributed by atoms with Gasteiger partial charge in [-0.2, -0.15) is 5.10 Å². The van der Waals surface area contributed by atoms with Gasteiger partial charge in [-0.25, -0.2) is 4.98 Å². The third-order valence-corrected chi connectivity index (χ3v) is 5.74. The van der Waals surface area contributed by atoms with Crippen molar-refractivity contribution < 1.29 is 0 Å². The minimum atomic E-state index is 0. The van der Waals surface area contributed by atoms with Gasteiger partial charge in [-0.3, -0.25) is 9.67 Å². The highest BCUT2D eigenvalue weighted by atomic mass is 35.5. The largest absolute Gasteiger partial charge is 0.383 e. The van der Waals surface area contributed by atoms with E-state index in [-0.39, 0.29) is 37.2 Å². The molecule has 0 amide bonds. The lowest BCUT2D eigenvalue weighted by atomic mass is 10.0. The van der Waals surface area contributed by atoms with E-state index in [1.807, 2.05) is 31.5 Å². The molecule has 0 saturated carbocycles. The van der Waals surface area contributed by atoms with Gasteiger partial charge in [0.2, 0.25) is 0 Å². The topological polar surface area (TPSA) is 81.7 Å². The quantitative estimate of drug-likeness (QED) is 0.408. The molecule has 32 heavy (non-hydrogen) atoms. The van der Waals surface area contributed by atoms with Gasteiger partial charge in [-0.05, 0) is 50.4 Å². The van der Waals surface area contributed by atoms with Crippen molar-refractivity contribution in [2.75, 3.05) is 18.8 Å². The summed E-state index contributed by atoms with van der Waals surface area (Å²) < 4.78 is 2.09. The second-order valence-corrected chi connectivity index (χ2v) is 7.66. The number of nitrogens with two attached hydrogens (primary N) is 1. The molecule has 5 rings (SSSR count). The van der Waals surface area contributed by atoms with E-state index in [1.54, 1.807) is 0 Å². The van der Waals surface area contributed by atoms with Crippen LogP contribution in [0.1, 0.15) is 24.6 Å². The molecule has 0 spiro atoms. The van der Waals surface area contributed by atoms with Crippen LogP contribution in [0.3, 0.4) is 0 Å². The van der Waals surface area contributed by atoms with E-state index in [1.165, 1.54) is 0 Å². The van der Waals surface area contributed by atoms with Crippen molar-refractivity contribution in [1.29, 1.82) is 0 Å². The fraction of sp³-hybridized carbons (Fsp3) is 0.261. The van der Waals surface area contributed by atoms with Crippen LogP contribution in [0.5, 0.6) is 0 Å². The molecule has 3 aromatic heterocycles. The third-order valence-electron chi connectivity index (χ3n) is 5.74. The molecule has 1 saturated heterocycles. The zero-order valence-corrected chi connectivity index (χ0v) is 20.1. The third kappa shape index (κ3) is 4.99. The van der Waals surface area contributed by atoms with E-state index < -0.39 is 0 Å². The zero-order valence-electron chi connectivity index (χ0n) is 17.7. The Labute approximate surface area is 206 Å². The van der Waals surface area contributed by atoms with Crippen molar-refractivity contribution in [3.8, 4) is 22.4 Å².